The highest BCUT2D eigenvalue weighted by atomic mass is 16.5. The van der Waals surface area contributed by atoms with Crippen LogP contribution < -0.4 is 20.4 Å². The van der Waals surface area contributed by atoms with Crippen molar-refractivity contribution in [2.75, 3.05) is 11.4 Å². The number of amides is 2. The smallest absolute Gasteiger partial charge is 0.242 e. The minimum Gasteiger partial charge on any atom is -0.457 e. The monoisotopic (exact) mass is 454 g/mol. The zero-order chi connectivity index (χ0) is 23.5. The highest BCUT2D eigenvalue weighted by Gasteiger charge is 2.31. The molecule has 8 heteroatoms. The molecule has 0 saturated carbocycles. The van der Waals surface area contributed by atoms with Gasteiger partial charge in [0.05, 0.1) is 17.8 Å². The zero-order valence-electron chi connectivity index (χ0n) is 18.3. The van der Waals surface area contributed by atoms with Gasteiger partial charge in [-0.05, 0) is 48.5 Å². The number of fused-ring (bicyclic) bond motifs is 1. The highest BCUT2D eigenvalue weighted by Crippen LogP contribution is 2.27. The van der Waals surface area contributed by atoms with Crippen LogP contribution in [-0.2, 0) is 16.1 Å². The molecule has 1 saturated heterocycles. The molecular formula is C26H22N4O4. The van der Waals surface area contributed by atoms with Gasteiger partial charge in [-0.2, -0.15) is 5.10 Å². The lowest BCUT2D eigenvalue weighted by atomic mass is 10.2. The average molecular weight is 454 g/mol. The summed E-state index contributed by atoms with van der Waals surface area (Å²) >= 11 is 0. The molecule has 1 N–H and O–H groups in total. The van der Waals surface area contributed by atoms with Gasteiger partial charge in [0.25, 0.3) is 0 Å². The summed E-state index contributed by atoms with van der Waals surface area (Å²) in [7, 11) is 0. The van der Waals surface area contributed by atoms with Gasteiger partial charge in [-0.15, -0.1) is 0 Å². The van der Waals surface area contributed by atoms with Crippen LogP contribution in [0.15, 0.2) is 89.9 Å². The standard InChI is InChI=1S/C26H22N4O4/c31-24-15-27-30(23-9-5-4-8-22(23)24)17-25(32)28-18-14-26(33)29(16-18)19-10-12-21(13-11-19)34-20-6-2-1-3-7-20/h1-13,15,18H,14,16-17H2,(H,28,32). The summed E-state index contributed by atoms with van der Waals surface area (Å²) in [6.45, 7) is 0.332. The second kappa shape index (κ2) is 9.19. The Kier molecular flexibility index (Phi) is 5.78. The molecule has 1 unspecified atom stereocenters. The van der Waals surface area contributed by atoms with E-state index in [1.807, 2.05) is 54.6 Å². The van der Waals surface area contributed by atoms with Crippen molar-refractivity contribution in [3.05, 3.63) is 95.3 Å². The number of carbonyl (C=O) groups excluding carboxylic acids is 2. The third kappa shape index (κ3) is 4.52. The lowest BCUT2D eigenvalue weighted by Gasteiger charge is -2.18. The molecule has 0 bridgehead atoms. The molecule has 0 spiro atoms. The molecule has 170 valence electrons. The van der Waals surface area contributed by atoms with E-state index in [2.05, 4.69) is 10.4 Å². The predicted molar refractivity (Wildman–Crippen MR) is 128 cm³/mol. The Morgan fingerprint density at radius 2 is 1.65 bits per heavy atom. The number of hydrogen-bond donors (Lipinski definition) is 1. The molecule has 1 aromatic heterocycles. The molecule has 2 heterocycles. The molecule has 0 aliphatic carbocycles. The molecule has 0 radical (unpaired) electrons. The Morgan fingerprint density at radius 3 is 2.44 bits per heavy atom. The molecule has 1 fully saturated rings. The summed E-state index contributed by atoms with van der Waals surface area (Å²) in [5.41, 5.74) is 1.15. The van der Waals surface area contributed by atoms with Crippen molar-refractivity contribution in [1.82, 2.24) is 15.1 Å². The number of benzene rings is 3. The summed E-state index contributed by atoms with van der Waals surface area (Å²) in [5.74, 6) is 1.08. The SMILES string of the molecule is O=C(Cn1ncc(=O)c2ccccc21)NC1CC(=O)N(c2ccc(Oc3ccccc3)cc2)C1. The molecule has 2 amide bonds. The van der Waals surface area contributed by atoms with E-state index >= 15 is 0 Å². The molecule has 5 rings (SSSR count). The quantitative estimate of drug-likeness (QED) is 0.483. The third-order valence-corrected chi connectivity index (χ3v) is 5.67. The normalized spacial score (nSPS) is 15.5. The number of nitrogens with one attached hydrogen (secondary N) is 1. The van der Waals surface area contributed by atoms with Gasteiger partial charge in [-0.1, -0.05) is 30.3 Å². The fourth-order valence-electron chi connectivity index (χ4n) is 4.07. The zero-order valence-corrected chi connectivity index (χ0v) is 18.3. The number of aromatic nitrogens is 2. The van der Waals surface area contributed by atoms with Crippen molar-refractivity contribution >= 4 is 28.4 Å². The molecule has 34 heavy (non-hydrogen) atoms. The molecule has 4 aromatic rings. The first-order valence-corrected chi connectivity index (χ1v) is 10.9. The van der Waals surface area contributed by atoms with Crippen LogP contribution in [0.4, 0.5) is 5.69 Å². The van der Waals surface area contributed by atoms with Gasteiger partial charge in [0.15, 0.2) is 0 Å². The first-order chi connectivity index (χ1) is 16.6. The Labute approximate surface area is 195 Å². The van der Waals surface area contributed by atoms with E-state index in [1.165, 1.54) is 10.9 Å². The number of hydrogen-bond acceptors (Lipinski definition) is 5. The number of rotatable bonds is 6. The molecule has 3 aromatic carbocycles. The summed E-state index contributed by atoms with van der Waals surface area (Å²) in [6, 6.07) is 23.5. The maximum atomic E-state index is 12.7. The summed E-state index contributed by atoms with van der Waals surface area (Å²) < 4.78 is 7.29. The van der Waals surface area contributed by atoms with Crippen molar-refractivity contribution in [1.29, 1.82) is 0 Å². The van der Waals surface area contributed by atoms with Crippen molar-refractivity contribution in [3.63, 3.8) is 0 Å². The van der Waals surface area contributed by atoms with Crippen LogP contribution in [-0.4, -0.2) is 34.2 Å². The maximum absolute atomic E-state index is 12.7. The molecule has 1 aliphatic heterocycles. The van der Waals surface area contributed by atoms with Crippen molar-refractivity contribution in [3.8, 4) is 11.5 Å². The lowest BCUT2D eigenvalue weighted by Crippen LogP contribution is -2.39. The number of para-hydroxylation sites is 2. The largest absolute Gasteiger partial charge is 0.457 e. The third-order valence-electron chi connectivity index (χ3n) is 5.67. The van der Waals surface area contributed by atoms with Gasteiger partial charge in [0, 0.05) is 24.0 Å². The van der Waals surface area contributed by atoms with Gasteiger partial charge in [0.1, 0.15) is 18.0 Å². The van der Waals surface area contributed by atoms with Crippen LogP contribution in [0.1, 0.15) is 6.42 Å². The fraction of sp³-hybridized carbons (Fsp3) is 0.154. The second-order valence-electron chi connectivity index (χ2n) is 8.07. The molecule has 1 atom stereocenters. The van der Waals surface area contributed by atoms with Crippen LogP contribution >= 0.6 is 0 Å². The molecular weight excluding hydrogens is 432 g/mol. The van der Waals surface area contributed by atoms with Gasteiger partial charge in [-0.3, -0.25) is 19.1 Å². The summed E-state index contributed by atoms with van der Waals surface area (Å²) in [6.07, 6.45) is 1.42. The Bertz CT molecular complexity index is 1400. The van der Waals surface area contributed by atoms with E-state index in [-0.39, 0.29) is 36.3 Å². The topological polar surface area (TPSA) is 93.5 Å². The van der Waals surface area contributed by atoms with Crippen molar-refractivity contribution in [2.24, 2.45) is 0 Å². The Morgan fingerprint density at radius 1 is 0.941 bits per heavy atom. The number of nitrogens with zero attached hydrogens (tertiary/aromatic N) is 3. The van der Waals surface area contributed by atoms with Crippen molar-refractivity contribution in [2.45, 2.75) is 19.0 Å². The number of carbonyl (C=O) groups is 2. The first-order valence-electron chi connectivity index (χ1n) is 10.9. The van der Waals surface area contributed by atoms with Crippen LogP contribution in [0, 0.1) is 0 Å². The van der Waals surface area contributed by atoms with Crippen LogP contribution in [0.3, 0.4) is 0 Å². The minimum atomic E-state index is -0.314. The van der Waals surface area contributed by atoms with Gasteiger partial charge < -0.3 is 15.0 Å². The van der Waals surface area contributed by atoms with Crippen LogP contribution in [0.5, 0.6) is 11.5 Å². The fourth-order valence-corrected chi connectivity index (χ4v) is 4.07. The van der Waals surface area contributed by atoms with E-state index in [0.717, 1.165) is 11.4 Å². The van der Waals surface area contributed by atoms with Gasteiger partial charge in [0.2, 0.25) is 17.2 Å². The minimum absolute atomic E-state index is 0.0446. The van der Waals surface area contributed by atoms with E-state index in [4.69, 9.17) is 4.74 Å². The molecule has 1 aliphatic rings. The van der Waals surface area contributed by atoms with E-state index in [1.54, 1.807) is 29.2 Å². The first kappa shape index (κ1) is 21.4. The van der Waals surface area contributed by atoms with Crippen molar-refractivity contribution < 1.29 is 14.3 Å². The molecule has 8 nitrogen and oxygen atoms in total. The summed E-state index contributed by atoms with van der Waals surface area (Å²) in [4.78, 5) is 38.9. The van der Waals surface area contributed by atoms with Crippen LogP contribution in [0.2, 0.25) is 0 Å². The summed E-state index contributed by atoms with van der Waals surface area (Å²) in [5, 5.41) is 7.51. The number of ether oxygens (including phenoxy) is 1. The van der Waals surface area contributed by atoms with E-state index in [0.29, 0.717) is 23.2 Å². The average Bonchev–Trinajstić information content (AvgIpc) is 3.22. The Balaban J connectivity index is 1.22. The number of anilines is 1. The van der Waals surface area contributed by atoms with E-state index < -0.39 is 0 Å². The predicted octanol–water partition coefficient (Wildman–Crippen LogP) is 3.11. The van der Waals surface area contributed by atoms with Crippen LogP contribution in [0.25, 0.3) is 10.9 Å². The van der Waals surface area contributed by atoms with Gasteiger partial charge in [-0.25, -0.2) is 0 Å². The van der Waals surface area contributed by atoms with Gasteiger partial charge >= 0.3 is 0 Å². The Hall–Kier alpha value is -4.46. The maximum Gasteiger partial charge on any atom is 0.242 e. The lowest BCUT2D eigenvalue weighted by molar-refractivity contribution is -0.122. The highest BCUT2D eigenvalue weighted by molar-refractivity contribution is 5.97. The van der Waals surface area contributed by atoms with E-state index in [9.17, 15) is 14.4 Å². The second-order valence-corrected chi connectivity index (χ2v) is 8.07.